The zero-order valence-corrected chi connectivity index (χ0v) is 22.5. The summed E-state index contributed by atoms with van der Waals surface area (Å²) >= 11 is 1.52. The zero-order chi connectivity index (χ0) is 25.9. The number of amides is 2. The molecule has 188 valence electrons. The first-order valence-electron chi connectivity index (χ1n) is 12.6. The number of nitrogens with zero attached hydrogens (tertiary/aromatic N) is 1. The van der Waals surface area contributed by atoms with Gasteiger partial charge in [-0.25, -0.2) is 0 Å². The van der Waals surface area contributed by atoms with Crippen molar-refractivity contribution in [1.29, 1.82) is 0 Å². The zero-order valence-electron chi connectivity index (χ0n) is 21.7. The van der Waals surface area contributed by atoms with Crippen molar-refractivity contribution in [2.24, 2.45) is 5.41 Å². The molecule has 6 heteroatoms. The van der Waals surface area contributed by atoms with Gasteiger partial charge in [-0.3, -0.25) is 9.59 Å². The first kappa shape index (κ1) is 25.8. The summed E-state index contributed by atoms with van der Waals surface area (Å²) in [5.41, 5.74) is 3.85. The predicted molar refractivity (Wildman–Crippen MR) is 153 cm³/mol. The first-order chi connectivity index (χ1) is 17.2. The number of para-hydroxylation sites is 1. The lowest BCUT2D eigenvalue weighted by molar-refractivity contribution is -0.118. The highest BCUT2D eigenvalue weighted by molar-refractivity contribution is 8.00. The Kier molecular flexibility index (Phi) is 7.74. The lowest BCUT2D eigenvalue weighted by Crippen LogP contribution is -2.24. The highest BCUT2D eigenvalue weighted by Crippen LogP contribution is 2.32. The fourth-order valence-corrected chi connectivity index (χ4v) is 5.53. The van der Waals surface area contributed by atoms with Gasteiger partial charge in [0, 0.05) is 51.0 Å². The van der Waals surface area contributed by atoms with Gasteiger partial charge in [-0.2, -0.15) is 0 Å². The number of anilines is 2. The average Bonchev–Trinajstić information content (AvgIpc) is 3.14. The third kappa shape index (κ3) is 5.93. The second-order valence-electron chi connectivity index (χ2n) is 10.3. The molecule has 2 amide bonds. The SMILES string of the molecule is CCC(Sc1cccc(NC(=O)CC(C)(C)C)c1)C(=O)Nc1ccc2c(c1)c1ccccc1n2CC. The molecule has 0 radical (unpaired) electrons. The Morgan fingerprint density at radius 2 is 1.58 bits per heavy atom. The van der Waals surface area contributed by atoms with E-state index in [1.165, 1.54) is 28.2 Å². The van der Waals surface area contributed by atoms with Gasteiger partial charge in [0.2, 0.25) is 11.8 Å². The fourth-order valence-electron chi connectivity index (χ4n) is 4.52. The number of carbonyl (C=O) groups is 2. The smallest absolute Gasteiger partial charge is 0.237 e. The second-order valence-corrected chi connectivity index (χ2v) is 11.6. The van der Waals surface area contributed by atoms with E-state index in [9.17, 15) is 9.59 Å². The van der Waals surface area contributed by atoms with Crippen LogP contribution in [0.5, 0.6) is 0 Å². The molecule has 1 atom stereocenters. The predicted octanol–water partition coefficient (Wildman–Crippen LogP) is 7.70. The van der Waals surface area contributed by atoms with Crippen molar-refractivity contribution < 1.29 is 9.59 Å². The summed E-state index contributed by atoms with van der Waals surface area (Å²) in [6.07, 6.45) is 1.14. The molecular weight excluding hydrogens is 466 g/mol. The van der Waals surface area contributed by atoms with Crippen LogP contribution in [0.25, 0.3) is 21.8 Å². The molecule has 0 saturated carbocycles. The van der Waals surface area contributed by atoms with Crippen LogP contribution in [0.1, 0.15) is 47.5 Å². The van der Waals surface area contributed by atoms with Gasteiger partial charge in [0.25, 0.3) is 0 Å². The molecule has 0 fully saturated rings. The van der Waals surface area contributed by atoms with E-state index in [1.54, 1.807) is 0 Å². The van der Waals surface area contributed by atoms with Gasteiger partial charge in [0.15, 0.2) is 0 Å². The molecule has 1 unspecified atom stereocenters. The topological polar surface area (TPSA) is 63.1 Å². The van der Waals surface area contributed by atoms with E-state index in [-0.39, 0.29) is 22.5 Å². The van der Waals surface area contributed by atoms with E-state index >= 15 is 0 Å². The van der Waals surface area contributed by atoms with Gasteiger partial charge in [0.05, 0.1) is 5.25 Å². The highest BCUT2D eigenvalue weighted by Gasteiger charge is 2.20. The molecule has 36 heavy (non-hydrogen) atoms. The van der Waals surface area contributed by atoms with Crippen LogP contribution in [-0.2, 0) is 16.1 Å². The fraction of sp³-hybridized carbons (Fsp3) is 0.333. The Labute approximate surface area is 217 Å². The van der Waals surface area contributed by atoms with E-state index in [0.717, 1.165) is 28.2 Å². The lowest BCUT2D eigenvalue weighted by Gasteiger charge is -2.18. The molecule has 0 bridgehead atoms. The van der Waals surface area contributed by atoms with E-state index in [1.807, 2.05) is 58.0 Å². The maximum Gasteiger partial charge on any atom is 0.237 e. The van der Waals surface area contributed by atoms with Crippen LogP contribution < -0.4 is 10.6 Å². The van der Waals surface area contributed by atoms with Gasteiger partial charge in [-0.1, -0.05) is 52.0 Å². The van der Waals surface area contributed by atoms with Gasteiger partial charge >= 0.3 is 0 Å². The average molecular weight is 502 g/mol. The number of nitrogens with one attached hydrogen (secondary N) is 2. The lowest BCUT2D eigenvalue weighted by atomic mass is 9.92. The molecule has 0 aliphatic heterocycles. The minimum Gasteiger partial charge on any atom is -0.341 e. The van der Waals surface area contributed by atoms with Crippen LogP contribution in [0, 0.1) is 5.41 Å². The van der Waals surface area contributed by atoms with Crippen molar-refractivity contribution in [1.82, 2.24) is 4.57 Å². The van der Waals surface area contributed by atoms with E-state index < -0.39 is 0 Å². The molecule has 4 aromatic rings. The van der Waals surface area contributed by atoms with Crippen molar-refractivity contribution in [3.63, 3.8) is 0 Å². The van der Waals surface area contributed by atoms with Gasteiger partial charge in [0.1, 0.15) is 0 Å². The Morgan fingerprint density at radius 1 is 0.861 bits per heavy atom. The normalized spacial score (nSPS) is 12.6. The van der Waals surface area contributed by atoms with Crippen molar-refractivity contribution in [3.05, 3.63) is 66.7 Å². The van der Waals surface area contributed by atoms with Crippen molar-refractivity contribution >= 4 is 56.8 Å². The Bertz CT molecular complexity index is 1400. The van der Waals surface area contributed by atoms with Gasteiger partial charge in [-0.05, 0) is 61.2 Å². The number of hydrogen-bond donors (Lipinski definition) is 2. The van der Waals surface area contributed by atoms with Crippen molar-refractivity contribution in [2.45, 2.75) is 64.2 Å². The molecule has 0 aliphatic carbocycles. The van der Waals surface area contributed by atoms with Crippen LogP contribution in [-0.4, -0.2) is 21.6 Å². The summed E-state index contributed by atoms with van der Waals surface area (Å²) in [5, 5.41) is 8.20. The second kappa shape index (κ2) is 10.8. The summed E-state index contributed by atoms with van der Waals surface area (Å²) in [4.78, 5) is 26.5. The monoisotopic (exact) mass is 501 g/mol. The van der Waals surface area contributed by atoms with E-state index in [0.29, 0.717) is 12.8 Å². The minimum absolute atomic E-state index is 0.00532. The van der Waals surface area contributed by atoms with E-state index in [2.05, 4.69) is 58.5 Å². The number of rotatable bonds is 8. The molecule has 0 spiro atoms. The summed E-state index contributed by atoms with van der Waals surface area (Å²) in [6, 6.07) is 22.2. The molecule has 1 heterocycles. The third-order valence-electron chi connectivity index (χ3n) is 6.11. The molecule has 4 rings (SSSR count). The van der Waals surface area contributed by atoms with Crippen LogP contribution in [0.2, 0.25) is 0 Å². The van der Waals surface area contributed by atoms with Crippen LogP contribution in [0.3, 0.4) is 0 Å². The number of benzene rings is 3. The number of fused-ring (bicyclic) bond motifs is 3. The summed E-state index contributed by atoms with van der Waals surface area (Å²) in [7, 11) is 0. The highest BCUT2D eigenvalue weighted by atomic mass is 32.2. The van der Waals surface area contributed by atoms with Crippen molar-refractivity contribution in [2.75, 3.05) is 10.6 Å². The van der Waals surface area contributed by atoms with E-state index in [4.69, 9.17) is 0 Å². The molecule has 5 nitrogen and oxygen atoms in total. The molecule has 1 aromatic heterocycles. The van der Waals surface area contributed by atoms with Gasteiger partial charge < -0.3 is 15.2 Å². The minimum atomic E-state index is -0.252. The van der Waals surface area contributed by atoms with Gasteiger partial charge in [-0.15, -0.1) is 11.8 Å². The largest absolute Gasteiger partial charge is 0.341 e. The van der Waals surface area contributed by atoms with Crippen LogP contribution >= 0.6 is 11.8 Å². The third-order valence-corrected chi connectivity index (χ3v) is 7.46. The molecule has 0 aliphatic rings. The van der Waals surface area contributed by atoms with Crippen LogP contribution in [0.4, 0.5) is 11.4 Å². The number of aromatic nitrogens is 1. The Hall–Kier alpha value is -3.25. The molecule has 0 saturated heterocycles. The van der Waals surface area contributed by atoms with Crippen molar-refractivity contribution in [3.8, 4) is 0 Å². The summed E-state index contributed by atoms with van der Waals surface area (Å²) in [5.74, 6) is -0.0301. The van der Waals surface area contributed by atoms with Crippen LogP contribution in [0.15, 0.2) is 71.6 Å². The Balaban J connectivity index is 1.48. The quantitative estimate of drug-likeness (QED) is 0.243. The first-order valence-corrected chi connectivity index (χ1v) is 13.4. The number of thioether (sulfide) groups is 1. The number of hydrogen-bond acceptors (Lipinski definition) is 3. The molecule has 2 N–H and O–H groups in total. The number of carbonyl (C=O) groups excluding carboxylic acids is 2. The standard InChI is InChI=1S/C30H35N3O2S/c1-6-27(36-22-12-10-11-20(17-22)31-28(34)19-30(3,4)5)29(35)32-21-15-16-26-24(18-21)23-13-8-9-14-25(23)33(26)7-2/h8-18,27H,6-7,19H2,1-5H3,(H,31,34)(H,32,35). The maximum atomic E-state index is 13.2. The number of aryl methyl sites for hydroxylation is 1. The molecular formula is C30H35N3O2S. The maximum absolute atomic E-state index is 13.2. The molecule has 3 aromatic carbocycles. The summed E-state index contributed by atoms with van der Waals surface area (Å²) < 4.78 is 2.30. The summed E-state index contributed by atoms with van der Waals surface area (Å²) in [6.45, 7) is 11.2. The Morgan fingerprint density at radius 3 is 2.31 bits per heavy atom.